The van der Waals surface area contributed by atoms with Gasteiger partial charge in [-0.1, -0.05) is 34.6 Å². The highest BCUT2D eigenvalue weighted by atomic mass is 16.4. The standard InChI is InChI=1S/C20H18N4O2/c25-21-11-19-3-1-9-23(15-19)13-17-5-7-18(8-6-17)14-24-10-2-4-20(16-24)12-22-26/h1-12,15-16H,13-14H2/p+2/b21-11+,22-12+. The molecule has 0 radical (unpaired) electrons. The van der Waals surface area contributed by atoms with Crippen LogP contribution in [0.5, 0.6) is 0 Å². The highest BCUT2D eigenvalue weighted by molar-refractivity contribution is 5.78. The van der Waals surface area contributed by atoms with E-state index in [1.165, 1.54) is 23.6 Å². The number of aromatic nitrogens is 2. The summed E-state index contributed by atoms with van der Waals surface area (Å²) in [5.41, 5.74) is 4.05. The molecule has 0 bridgehead atoms. The van der Waals surface area contributed by atoms with Crippen LogP contribution in [-0.4, -0.2) is 22.8 Å². The second kappa shape index (κ2) is 8.53. The molecule has 6 heteroatoms. The van der Waals surface area contributed by atoms with Crippen LogP contribution in [0.15, 0.2) is 83.6 Å². The number of rotatable bonds is 6. The summed E-state index contributed by atoms with van der Waals surface area (Å²) < 4.78 is 4.08. The fraction of sp³-hybridized carbons (Fsp3) is 0.100. The summed E-state index contributed by atoms with van der Waals surface area (Å²) >= 11 is 0. The van der Waals surface area contributed by atoms with Crippen LogP contribution < -0.4 is 9.13 Å². The molecule has 0 aliphatic carbocycles. The Balaban J connectivity index is 1.68. The molecule has 0 aliphatic heterocycles. The largest absolute Gasteiger partial charge is 0.411 e. The van der Waals surface area contributed by atoms with Crippen LogP contribution in [0, 0.1) is 0 Å². The van der Waals surface area contributed by atoms with Crippen LogP contribution >= 0.6 is 0 Å². The van der Waals surface area contributed by atoms with Gasteiger partial charge in [0, 0.05) is 23.3 Å². The first kappa shape index (κ1) is 17.3. The molecule has 1 aromatic carbocycles. The molecule has 26 heavy (non-hydrogen) atoms. The predicted octanol–water partition coefficient (Wildman–Crippen LogP) is 1.97. The van der Waals surface area contributed by atoms with Gasteiger partial charge in [0.05, 0.1) is 23.6 Å². The van der Waals surface area contributed by atoms with E-state index in [9.17, 15) is 0 Å². The zero-order valence-electron chi connectivity index (χ0n) is 14.2. The zero-order valence-corrected chi connectivity index (χ0v) is 14.2. The average molecular weight is 348 g/mol. The first-order valence-corrected chi connectivity index (χ1v) is 8.18. The first-order valence-electron chi connectivity index (χ1n) is 8.18. The van der Waals surface area contributed by atoms with Crippen molar-refractivity contribution < 1.29 is 19.5 Å². The lowest BCUT2D eigenvalue weighted by Gasteiger charge is -2.02. The third-order valence-corrected chi connectivity index (χ3v) is 3.93. The van der Waals surface area contributed by atoms with Gasteiger partial charge in [-0.05, 0) is 12.1 Å². The Morgan fingerprint density at radius 1 is 0.692 bits per heavy atom. The molecule has 0 unspecified atom stereocenters. The molecule has 3 aromatic rings. The maximum atomic E-state index is 8.64. The van der Waals surface area contributed by atoms with Crippen molar-refractivity contribution in [3.8, 4) is 0 Å². The van der Waals surface area contributed by atoms with Crippen LogP contribution in [0.4, 0.5) is 0 Å². The average Bonchev–Trinajstić information content (AvgIpc) is 2.65. The summed E-state index contributed by atoms with van der Waals surface area (Å²) in [6, 6.07) is 16.0. The van der Waals surface area contributed by atoms with E-state index in [1.54, 1.807) is 0 Å². The normalized spacial score (nSPS) is 11.4. The molecule has 0 atom stereocenters. The maximum Gasteiger partial charge on any atom is 0.178 e. The summed E-state index contributed by atoms with van der Waals surface area (Å²) in [6.07, 6.45) is 10.6. The number of pyridine rings is 2. The van der Waals surface area contributed by atoms with E-state index in [1.807, 2.05) is 58.2 Å². The highest BCUT2D eigenvalue weighted by Gasteiger charge is 2.07. The molecule has 0 saturated carbocycles. The molecule has 2 N–H and O–H groups in total. The van der Waals surface area contributed by atoms with E-state index in [-0.39, 0.29) is 0 Å². The SMILES string of the molecule is O/N=C/c1ccc[n+](Cc2ccc(C[n+]3cccc(/C=N/O)c3)cc2)c1. The highest BCUT2D eigenvalue weighted by Crippen LogP contribution is 2.05. The van der Waals surface area contributed by atoms with Crippen molar-refractivity contribution in [2.45, 2.75) is 13.1 Å². The number of oxime groups is 2. The van der Waals surface area contributed by atoms with Crippen LogP contribution in [0.3, 0.4) is 0 Å². The number of hydrogen-bond donors (Lipinski definition) is 2. The van der Waals surface area contributed by atoms with Crippen LogP contribution in [0.25, 0.3) is 0 Å². The predicted molar refractivity (Wildman–Crippen MR) is 96.7 cm³/mol. The van der Waals surface area contributed by atoms with Gasteiger partial charge in [-0.25, -0.2) is 9.13 Å². The van der Waals surface area contributed by atoms with Gasteiger partial charge in [0.2, 0.25) is 0 Å². The van der Waals surface area contributed by atoms with Crippen molar-refractivity contribution in [3.63, 3.8) is 0 Å². The third kappa shape index (κ3) is 4.73. The molecule has 3 rings (SSSR count). The smallest absolute Gasteiger partial charge is 0.178 e. The second-order valence-corrected chi connectivity index (χ2v) is 5.92. The van der Waals surface area contributed by atoms with Crippen LogP contribution in [0.2, 0.25) is 0 Å². The van der Waals surface area contributed by atoms with Crippen molar-refractivity contribution >= 4 is 12.4 Å². The van der Waals surface area contributed by atoms with E-state index >= 15 is 0 Å². The monoisotopic (exact) mass is 348 g/mol. The Morgan fingerprint density at radius 2 is 1.12 bits per heavy atom. The minimum absolute atomic E-state index is 0.739. The van der Waals surface area contributed by atoms with Crippen molar-refractivity contribution in [3.05, 3.63) is 95.6 Å². The lowest BCUT2D eigenvalue weighted by Crippen LogP contribution is -2.34. The van der Waals surface area contributed by atoms with Gasteiger partial charge in [-0.2, -0.15) is 0 Å². The Labute approximate surface area is 151 Å². The van der Waals surface area contributed by atoms with Gasteiger partial charge in [0.25, 0.3) is 0 Å². The summed E-state index contributed by atoms with van der Waals surface area (Å²) in [7, 11) is 0. The van der Waals surface area contributed by atoms with Gasteiger partial charge in [0.1, 0.15) is 0 Å². The second-order valence-electron chi connectivity index (χ2n) is 5.92. The Bertz CT molecular complexity index is 845. The molecule has 2 aromatic heterocycles. The van der Waals surface area contributed by atoms with E-state index < -0.39 is 0 Å². The van der Waals surface area contributed by atoms with Crippen molar-refractivity contribution in [1.82, 2.24) is 0 Å². The Kier molecular flexibility index (Phi) is 5.67. The molecular formula is C20H20N4O2+2. The fourth-order valence-corrected chi connectivity index (χ4v) is 2.74. The topological polar surface area (TPSA) is 72.9 Å². The van der Waals surface area contributed by atoms with Crippen LogP contribution in [0.1, 0.15) is 22.3 Å². The molecule has 0 amide bonds. The van der Waals surface area contributed by atoms with Gasteiger partial charge in [-0.3, -0.25) is 0 Å². The summed E-state index contributed by atoms with van der Waals surface area (Å²) in [5.74, 6) is 0. The zero-order chi connectivity index (χ0) is 18.2. The Morgan fingerprint density at radius 3 is 1.50 bits per heavy atom. The van der Waals surface area contributed by atoms with Gasteiger partial charge in [-0.15, -0.1) is 0 Å². The van der Waals surface area contributed by atoms with Crippen molar-refractivity contribution in [2.75, 3.05) is 0 Å². The maximum absolute atomic E-state index is 8.64. The molecule has 0 spiro atoms. The molecule has 6 nitrogen and oxygen atoms in total. The minimum atomic E-state index is 0.739. The lowest BCUT2D eigenvalue weighted by molar-refractivity contribution is -0.689. The number of hydrogen-bond acceptors (Lipinski definition) is 4. The van der Waals surface area contributed by atoms with Gasteiger partial charge < -0.3 is 10.4 Å². The van der Waals surface area contributed by atoms with Gasteiger partial charge >= 0.3 is 0 Å². The summed E-state index contributed by atoms with van der Waals surface area (Å²) in [6.45, 7) is 1.48. The van der Waals surface area contributed by atoms with Crippen LogP contribution in [-0.2, 0) is 13.1 Å². The van der Waals surface area contributed by atoms with Crippen molar-refractivity contribution in [1.29, 1.82) is 0 Å². The van der Waals surface area contributed by atoms with E-state index in [4.69, 9.17) is 10.4 Å². The lowest BCUT2D eigenvalue weighted by atomic mass is 10.1. The molecule has 130 valence electrons. The third-order valence-electron chi connectivity index (χ3n) is 3.93. The minimum Gasteiger partial charge on any atom is -0.411 e. The molecule has 0 fully saturated rings. The van der Waals surface area contributed by atoms with Crippen molar-refractivity contribution in [2.24, 2.45) is 10.3 Å². The fourth-order valence-electron chi connectivity index (χ4n) is 2.74. The summed E-state index contributed by atoms with van der Waals surface area (Å²) in [4.78, 5) is 0. The number of benzene rings is 1. The molecule has 0 aliphatic rings. The number of nitrogens with zero attached hydrogens (tertiary/aromatic N) is 4. The molecule has 2 heterocycles. The molecule has 0 saturated heterocycles. The van der Waals surface area contributed by atoms with Gasteiger partial charge in [0.15, 0.2) is 37.9 Å². The van der Waals surface area contributed by atoms with E-state index in [0.29, 0.717) is 0 Å². The molecular weight excluding hydrogens is 328 g/mol. The Hall–Kier alpha value is -3.54. The quantitative estimate of drug-likeness (QED) is 0.309. The van der Waals surface area contributed by atoms with E-state index in [0.717, 1.165) is 24.2 Å². The van der Waals surface area contributed by atoms with E-state index in [2.05, 4.69) is 34.6 Å². The summed E-state index contributed by atoms with van der Waals surface area (Å²) in [5, 5.41) is 23.4. The first-order chi connectivity index (χ1) is 12.8.